The Morgan fingerprint density at radius 2 is 2.00 bits per heavy atom. The number of benzene rings is 1. The normalized spacial score (nSPS) is 9.79. The van der Waals surface area contributed by atoms with E-state index in [-0.39, 0.29) is 5.56 Å². The number of anilines is 3. The lowest BCUT2D eigenvalue weighted by Crippen LogP contribution is -2.10. The van der Waals surface area contributed by atoms with Crippen molar-refractivity contribution in [3.05, 3.63) is 41.5 Å². The Kier molecular flexibility index (Phi) is 3.54. The van der Waals surface area contributed by atoms with Crippen LogP contribution in [0.5, 0.6) is 0 Å². The zero-order valence-corrected chi connectivity index (χ0v) is 10.1. The molecule has 0 aliphatic carbocycles. The SMILES string of the molecule is Cc1nc(NN)cc(Nc2ccc(F)cc2C#N)n1. The summed E-state index contributed by atoms with van der Waals surface area (Å²) in [5.41, 5.74) is 3.07. The molecule has 0 fully saturated rings. The molecule has 1 aromatic heterocycles. The zero-order valence-electron chi connectivity index (χ0n) is 10.1. The highest BCUT2D eigenvalue weighted by Crippen LogP contribution is 2.21. The molecule has 0 saturated heterocycles. The minimum absolute atomic E-state index is 0.193. The average molecular weight is 258 g/mol. The summed E-state index contributed by atoms with van der Waals surface area (Å²) in [5.74, 6) is 6.23. The fraction of sp³-hybridized carbons (Fsp3) is 0.0833. The van der Waals surface area contributed by atoms with Gasteiger partial charge >= 0.3 is 0 Å². The number of nitrogens with two attached hydrogens (primary N) is 1. The summed E-state index contributed by atoms with van der Waals surface area (Å²) in [7, 11) is 0. The first-order valence-electron chi connectivity index (χ1n) is 5.41. The molecule has 1 aromatic carbocycles. The maximum absolute atomic E-state index is 13.0. The topological polar surface area (TPSA) is 99.6 Å². The van der Waals surface area contributed by atoms with Crippen LogP contribution in [0.1, 0.15) is 11.4 Å². The van der Waals surface area contributed by atoms with E-state index in [0.29, 0.717) is 23.1 Å². The molecule has 0 spiro atoms. The van der Waals surface area contributed by atoms with Crippen LogP contribution >= 0.6 is 0 Å². The Morgan fingerprint density at radius 3 is 2.68 bits per heavy atom. The van der Waals surface area contributed by atoms with Crippen molar-refractivity contribution in [3.63, 3.8) is 0 Å². The molecule has 0 atom stereocenters. The lowest BCUT2D eigenvalue weighted by molar-refractivity contribution is 0.627. The molecule has 0 aliphatic heterocycles. The number of aromatic nitrogens is 2. The first kappa shape index (κ1) is 12.7. The third kappa shape index (κ3) is 2.94. The second-order valence-electron chi connectivity index (χ2n) is 3.76. The molecule has 0 bridgehead atoms. The molecule has 96 valence electrons. The van der Waals surface area contributed by atoms with Crippen molar-refractivity contribution in [1.29, 1.82) is 5.26 Å². The lowest BCUT2D eigenvalue weighted by atomic mass is 10.2. The number of halogens is 1. The molecule has 0 amide bonds. The molecule has 0 radical (unpaired) electrons. The van der Waals surface area contributed by atoms with Gasteiger partial charge in [0.2, 0.25) is 0 Å². The first-order chi connectivity index (χ1) is 9.12. The van der Waals surface area contributed by atoms with E-state index in [0.717, 1.165) is 6.07 Å². The maximum Gasteiger partial charge on any atom is 0.145 e. The molecule has 1 heterocycles. The van der Waals surface area contributed by atoms with Gasteiger partial charge in [-0.1, -0.05) is 0 Å². The van der Waals surface area contributed by atoms with Crippen molar-refractivity contribution in [2.75, 3.05) is 10.7 Å². The smallest absolute Gasteiger partial charge is 0.145 e. The number of aryl methyl sites for hydroxylation is 1. The van der Waals surface area contributed by atoms with Crippen LogP contribution in [0.15, 0.2) is 24.3 Å². The van der Waals surface area contributed by atoms with Gasteiger partial charge < -0.3 is 10.7 Å². The molecule has 19 heavy (non-hydrogen) atoms. The molecule has 0 aliphatic rings. The highest BCUT2D eigenvalue weighted by molar-refractivity contribution is 5.65. The molecule has 0 unspecified atom stereocenters. The van der Waals surface area contributed by atoms with Crippen molar-refractivity contribution in [2.24, 2.45) is 5.84 Å². The number of hydrazine groups is 1. The van der Waals surface area contributed by atoms with E-state index >= 15 is 0 Å². The van der Waals surface area contributed by atoms with E-state index in [1.165, 1.54) is 12.1 Å². The molecule has 6 nitrogen and oxygen atoms in total. The predicted octanol–water partition coefficient (Wildman–Crippen LogP) is 1.82. The largest absolute Gasteiger partial charge is 0.339 e. The van der Waals surface area contributed by atoms with Crippen LogP contribution in [0.2, 0.25) is 0 Å². The number of hydrogen-bond donors (Lipinski definition) is 3. The third-order valence-electron chi connectivity index (χ3n) is 2.35. The minimum Gasteiger partial charge on any atom is -0.339 e. The summed E-state index contributed by atoms with van der Waals surface area (Å²) in [5, 5.41) is 11.9. The molecule has 7 heteroatoms. The molecule has 2 rings (SSSR count). The van der Waals surface area contributed by atoms with Gasteiger partial charge in [0, 0.05) is 6.07 Å². The Hall–Kier alpha value is -2.72. The van der Waals surface area contributed by atoms with Gasteiger partial charge in [0.05, 0.1) is 11.3 Å². The number of nitrogens with one attached hydrogen (secondary N) is 2. The average Bonchev–Trinajstić information content (AvgIpc) is 2.40. The Balaban J connectivity index is 2.36. The van der Waals surface area contributed by atoms with Crippen molar-refractivity contribution in [3.8, 4) is 6.07 Å². The van der Waals surface area contributed by atoms with Crippen molar-refractivity contribution in [1.82, 2.24) is 9.97 Å². The van der Waals surface area contributed by atoms with Crippen LogP contribution in [0.4, 0.5) is 21.7 Å². The Bertz CT molecular complexity index is 649. The second-order valence-corrected chi connectivity index (χ2v) is 3.76. The fourth-order valence-corrected chi connectivity index (χ4v) is 1.56. The number of nitrogens with zero attached hydrogens (tertiary/aromatic N) is 3. The Labute approximate surface area is 109 Å². The maximum atomic E-state index is 13.0. The second kappa shape index (κ2) is 5.29. The molecule has 2 aromatic rings. The summed E-state index contributed by atoms with van der Waals surface area (Å²) >= 11 is 0. The van der Waals surface area contributed by atoms with E-state index in [1.54, 1.807) is 13.0 Å². The first-order valence-corrected chi connectivity index (χ1v) is 5.41. The highest BCUT2D eigenvalue weighted by atomic mass is 19.1. The fourth-order valence-electron chi connectivity index (χ4n) is 1.56. The third-order valence-corrected chi connectivity index (χ3v) is 2.35. The highest BCUT2D eigenvalue weighted by Gasteiger charge is 2.06. The molecular weight excluding hydrogens is 247 g/mol. The van der Waals surface area contributed by atoms with E-state index in [9.17, 15) is 4.39 Å². The van der Waals surface area contributed by atoms with E-state index in [4.69, 9.17) is 11.1 Å². The van der Waals surface area contributed by atoms with Gasteiger partial charge in [-0.25, -0.2) is 20.2 Å². The zero-order chi connectivity index (χ0) is 13.8. The molecule has 4 N–H and O–H groups in total. The number of rotatable bonds is 3. The van der Waals surface area contributed by atoms with Crippen LogP contribution < -0.4 is 16.6 Å². The quantitative estimate of drug-likeness (QED) is 0.573. The summed E-state index contributed by atoms with van der Waals surface area (Å²) in [6.07, 6.45) is 0. The van der Waals surface area contributed by atoms with Crippen molar-refractivity contribution in [2.45, 2.75) is 6.92 Å². The van der Waals surface area contributed by atoms with E-state index in [2.05, 4.69) is 20.7 Å². The van der Waals surface area contributed by atoms with Gasteiger partial charge in [0.15, 0.2) is 0 Å². The van der Waals surface area contributed by atoms with Gasteiger partial charge in [-0.3, -0.25) is 0 Å². The van der Waals surface area contributed by atoms with E-state index < -0.39 is 5.82 Å². The predicted molar refractivity (Wildman–Crippen MR) is 69.0 cm³/mol. The van der Waals surface area contributed by atoms with Crippen molar-refractivity contribution >= 4 is 17.3 Å². The van der Waals surface area contributed by atoms with Gasteiger partial charge in [-0.2, -0.15) is 5.26 Å². The lowest BCUT2D eigenvalue weighted by Gasteiger charge is -2.09. The number of hydrogen-bond acceptors (Lipinski definition) is 6. The molecular formula is C12H11FN6. The van der Waals surface area contributed by atoms with Crippen molar-refractivity contribution < 1.29 is 4.39 Å². The van der Waals surface area contributed by atoms with Crippen LogP contribution in [-0.4, -0.2) is 9.97 Å². The summed E-state index contributed by atoms with van der Waals surface area (Å²) in [6.45, 7) is 1.71. The summed E-state index contributed by atoms with van der Waals surface area (Å²) in [4.78, 5) is 8.19. The van der Waals surface area contributed by atoms with Gasteiger partial charge in [0.1, 0.15) is 29.3 Å². The number of nitriles is 1. The van der Waals surface area contributed by atoms with Crippen LogP contribution in [0, 0.1) is 24.1 Å². The van der Waals surface area contributed by atoms with Crippen LogP contribution in [0.25, 0.3) is 0 Å². The minimum atomic E-state index is -0.467. The number of nitrogen functional groups attached to an aromatic ring is 1. The summed E-state index contributed by atoms with van der Waals surface area (Å²) < 4.78 is 13.0. The van der Waals surface area contributed by atoms with Gasteiger partial charge in [-0.05, 0) is 25.1 Å². The summed E-state index contributed by atoms with van der Waals surface area (Å²) in [6, 6.07) is 7.38. The van der Waals surface area contributed by atoms with Gasteiger partial charge in [0.25, 0.3) is 0 Å². The standard InChI is InChI=1S/C12H11FN6/c1-7-16-11(5-12(17-7)19-15)18-10-3-2-9(13)4-8(10)6-14/h2-5H,15H2,1H3,(H2,16,17,18,19). The van der Waals surface area contributed by atoms with Gasteiger partial charge in [-0.15, -0.1) is 0 Å². The Morgan fingerprint density at radius 1 is 1.26 bits per heavy atom. The van der Waals surface area contributed by atoms with Crippen LogP contribution in [0.3, 0.4) is 0 Å². The van der Waals surface area contributed by atoms with Crippen LogP contribution in [-0.2, 0) is 0 Å². The monoisotopic (exact) mass is 258 g/mol. The van der Waals surface area contributed by atoms with E-state index in [1.807, 2.05) is 6.07 Å². The molecule has 0 saturated carbocycles.